The number of guanidine groups is 1. The van der Waals surface area contributed by atoms with Crippen LogP contribution in [0.4, 0.5) is 0 Å². The molecule has 4 nitrogen and oxygen atoms in total. The lowest BCUT2D eigenvalue weighted by atomic mass is 10.2. The molecule has 4 heteroatoms. The summed E-state index contributed by atoms with van der Waals surface area (Å²) in [5, 5.41) is 0. The fraction of sp³-hybridized carbons (Fsp3) is 0.571. The average Bonchev–Trinajstić information content (AvgIpc) is 2.90. The molecule has 0 saturated heterocycles. The van der Waals surface area contributed by atoms with Gasteiger partial charge >= 0.3 is 0 Å². The van der Waals surface area contributed by atoms with Crippen LogP contribution in [0.2, 0.25) is 0 Å². The van der Waals surface area contributed by atoms with Gasteiger partial charge in [-0.3, -0.25) is 4.98 Å². The van der Waals surface area contributed by atoms with Gasteiger partial charge in [-0.25, -0.2) is 4.99 Å². The molecule has 0 amide bonds. The number of pyridine rings is 1. The van der Waals surface area contributed by atoms with Crippen molar-refractivity contribution in [3.05, 3.63) is 30.1 Å². The van der Waals surface area contributed by atoms with Crippen LogP contribution in [0, 0.1) is 0 Å². The summed E-state index contributed by atoms with van der Waals surface area (Å²) < 4.78 is 0. The Labute approximate surface area is 109 Å². The number of aromatic nitrogens is 1. The van der Waals surface area contributed by atoms with Crippen molar-refractivity contribution in [1.29, 1.82) is 0 Å². The molecule has 0 unspecified atom stereocenters. The van der Waals surface area contributed by atoms with Crippen LogP contribution in [0.3, 0.4) is 0 Å². The minimum absolute atomic E-state index is 0.441. The van der Waals surface area contributed by atoms with Crippen LogP contribution in [-0.2, 0) is 6.54 Å². The molecule has 1 aromatic rings. The molecule has 0 atom stereocenters. The predicted octanol–water partition coefficient (Wildman–Crippen LogP) is 2.16. The molecule has 1 aliphatic rings. The van der Waals surface area contributed by atoms with Gasteiger partial charge in [0.1, 0.15) is 0 Å². The van der Waals surface area contributed by atoms with E-state index in [2.05, 4.69) is 21.8 Å². The summed E-state index contributed by atoms with van der Waals surface area (Å²) in [4.78, 5) is 10.8. The quantitative estimate of drug-likeness (QED) is 0.654. The summed E-state index contributed by atoms with van der Waals surface area (Å²) >= 11 is 0. The van der Waals surface area contributed by atoms with Crippen molar-refractivity contribution in [3.8, 4) is 0 Å². The standard InChI is InChI=1S/C14H22N4/c1-2-18(11-12-7-9-16-10-8-12)14(15)17-13-5-3-4-6-13/h7-10,13H,2-6,11H2,1H3,(H2,15,17). The van der Waals surface area contributed by atoms with Crippen molar-refractivity contribution in [3.63, 3.8) is 0 Å². The Bertz CT molecular complexity index is 382. The highest BCUT2D eigenvalue weighted by atomic mass is 15.2. The van der Waals surface area contributed by atoms with Crippen molar-refractivity contribution in [1.82, 2.24) is 9.88 Å². The molecule has 1 fully saturated rings. The van der Waals surface area contributed by atoms with Gasteiger partial charge in [-0.2, -0.15) is 0 Å². The number of nitrogens with two attached hydrogens (primary N) is 1. The monoisotopic (exact) mass is 246 g/mol. The molecule has 1 saturated carbocycles. The van der Waals surface area contributed by atoms with Crippen molar-refractivity contribution in [2.75, 3.05) is 6.54 Å². The molecule has 2 rings (SSSR count). The average molecular weight is 246 g/mol. The summed E-state index contributed by atoms with van der Waals surface area (Å²) in [7, 11) is 0. The lowest BCUT2D eigenvalue weighted by Gasteiger charge is -2.22. The highest BCUT2D eigenvalue weighted by Gasteiger charge is 2.15. The molecule has 0 bridgehead atoms. The number of hydrogen-bond donors (Lipinski definition) is 1. The number of nitrogens with zero attached hydrogens (tertiary/aromatic N) is 3. The van der Waals surface area contributed by atoms with Crippen LogP contribution in [0.5, 0.6) is 0 Å². The summed E-state index contributed by atoms with van der Waals surface area (Å²) in [6.07, 6.45) is 8.58. The summed E-state index contributed by atoms with van der Waals surface area (Å²) in [6.45, 7) is 3.80. The Morgan fingerprint density at radius 3 is 2.67 bits per heavy atom. The first-order chi connectivity index (χ1) is 8.79. The maximum atomic E-state index is 6.12. The predicted molar refractivity (Wildman–Crippen MR) is 74.2 cm³/mol. The van der Waals surface area contributed by atoms with Crippen molar-refractivity contribution in [2.45, 2.75) is 45.2 Å². The van der Waals surface area contributed by atoms with Gasteiger partial charge in [0.2, 0.25) is 0 Å². The van der Waals surface area contributed by atoms with Gasteiger partial charge in [-0.05, 0) is 37.5 Å². The van der Waals surface area contributed by atoms with E-state index in [1.165, 1.54) is 31.2 Å². The van der Waals surface area contributed by atoms with E-state index in [0.29, 0.717) is 12.0 Å². The van der Waals surface area contributed by atoms with Gasteiger partial charge in [0.15, 0.2) is 5.96 Å². The molecule has 18 heavy (non-hydrogen) atoms. The van der Waals surface area contributed by atoms with Gasteiger partial charge in [-0.1, -0.05) is 12.8 Å². The van der Waals surface area contributed by atoms with E-state index in [1.807, 2.05) is 24.5 Å². The van der Waals surface area contributed by atoms with E-state index in [4.69, 9.17) is 5.73 Å². The van der Waals surface area contributed by atoms with Crippen LogP contribution < -0.4 is 5.73 Å². The minimum Gasteiger partial charge on any atom is -0.370 e. The third kappa shape index (κ3) is 3.45. The van der Waals surface area contributed by atoms with Crippen LogP contribution in [-0.4, -0.2) is 28.4 Å². The highest BCUT2D eigenvalue weighted by molar-refractivity contribution is 5.78. The third-order valence-corrected chi connectivity index (χ3v) is 3.47. The zero-order valence-electron chi connectivity index (χ0n) is 11.0. The van der Waals surface area contributed by atoms with Crippen molar-refractivity contribution in [2.24, 2.45) is 10.7 Å². The Hall–Kier alpha value is -1.58. The zero-order chi connectivity index (χ0) is 12.8. The molecule has 0 aromatic carbocycles. The van der Waals surface area contributed by atoms with Gasteiger partial charge in [0, 0.05) is 25.5 Å². The first kappa shape index (κ1) is 12.9. The lowest BCUT2D eigenvalue weighted by molar-refractivity contribution is 0.425. The van der Waals surface area contributed by atoms with E-state index in [9.17, 15) is 0 Å². The molecule has 0 spiro atoms. The Balaban J connectivity index is 1.99. The van der Waals surface area contributed by atoms with E-state index in [0.717, 1.165) is 13.1 Å². The summed E-state index contributed by atoms with van der Waals surface area (Å²) in [5.41, 5.74) is 7.34. The smallest absolute Gasteiger partial charge is 0.191 e. The number of hydrogen-bond acceptors (Lipinski definition) is 2. The second kappa shape index (κ2) is 6.38. The molecule has 0 aliphatic heterocycles. The normalized spacial score (nSPS) is 17.1. The van der Waals surface area contributed by atoms with Crippen LogP contribution in [0.15, 0.2) is 29.5 Å². The Morgan fingerprint density at radius 1 is 1.39 bits per heavy atom. The van der Waals surface area contributed by atoms with E-state index in [-0.39, 0.29) is 0 Å². The number of aliphatic imine (C=N–C) groups is 1. The van der Waals surface area contributed by atoms with Crippen LogP contribution in [0.1, 0.15) is 38.2 Å². The van der Waals surface area contributed by atoms with Gasteiger partial charge in [0.05, 0.1) is 6.04 Å². The lowest BCUT2D eigenvalue weighted by Crippen LogP contribution is -2.37. The minimum atomic E-state index is 0.441. The fourth-order valence-electron chi connectivity index (χ4n) is 2.37. The first-order valence-corrected chi connectivity index (χ1v) is 6.76. The van der Waals surface area contributed by atoms with Crippen LogP contribution in [0.25, 0.3) is 0 Å². The molecular weight excluding hydrogens is 224 g/mol. The van der Waals surface area contributed by atoms with Crippen molar-refractivity contribution >= 4 is 5.96 Å². The Kier molecular flexibility index (Phi) is 4.56. The molecule has 2 N–H and O–H groups in total. The molecule has 1 aromatic heterocycles. The largest absolute Gasteiger partial charge is 0.370 e. The third-order valence-electron chi connectivity index (χ3n) is 3.47. The van der Waals surface area contributed by atoms with E-state index < -0.39 is 0 Å². The van der Waals surface area contributed by atoms with Gasteiger partial charge in [0.25, 0.3) is 0 Å². The zero-order valence-corrected chi connectivity index (χ0v) is 11.0. The second-order valence-electron chi connectivity index (χ2n) is 4.80. The molecule has 1 heterocycles. The van der Waals surface area contributed by atoms with Crippen molar-refractivity contribution < 1.29 is 0 Å². The first-order valence-electron chi connectivity index (χ1n) is 6.76. The molecule has 98 valence electrons. The van der Waals surface area contributed by atoms with E-state index in [1.54, 1.807) is 0 Å². The maximum Gasteiger partial charge on any atom is 0.191 e. The van der Waals surface area contributed by atoms with Gasteiger partial charge < -0.3 is 10.6 Å². The molecular formula is C14H22N4. The Morgan fingerprint density at radius 2 is 2.06 bits per heavy atom. The number of rotatable bonds is 4. The summed E-state index contributed by atoms with van der Waals surface area (Å²) in [6, 6.07) is 4.48. The summed E-state index contributed by atoms with van der Waals surface area (Å²) in [5.74, 6) is 0.682. The SMILES string of the molecule is CCN(Cc1ccncc1)C(N)=NC1CCCC1. The highest BCUT2D eigenvalue weighted by Crippen LogP contribution is 2.21. The fourth-order valence-corrected chi connectivity index (χ4v) is 2.37. The topological polar surface area (TPSA) is 54.5 Å². The maximum absolute atomic E-state index is 6.12. The second-order valence-corrected chi connectivity index (χ2v) is 4.80. The molecule has 0 radical (unpaired) electrons. The van der Waals surface area contributed by atoms with Crippen LogP contribution >= 0.6 is 0 Å². The van der Waals surface area contributed by atoms with Gasteiger partial charge in [-0.15, -0.1) is 0 Å². The molecule has 1 aliphatic carbocycles. The van der Waals surface area contributed by atoms with E-state index >= 15 is 0 Å².